The third-order valence-corrected chi connectivity index (χ3v) is 3.35. The van der Waals surface area contributed by atoms with Crippen LogP contribution in [0.4, 0.5) is 4.79 Å². The molecule has 1 aromatic heterocycles. The Bertz CT molecular complexity index is 487. The summed E-state index contributed by atoms with van der Waals surface area (Å²) in [6, 6.07) is 0.620. The molecular weight excluding hydrogens is 270 g/mol. The van der Waals surface area contributed by atoms with Crippen LogP contribution in [0.25, 0.3) is 0 Å². The van der Waals surface area contributed by atoms with Crippen molar-refractivity contribution in [2.45, 2.75) is 71.2 Å². The van der Waals surface area contributed by atoms with Gasteiger partial charge in [0.05, 0.1) is 12.2 Å². The molecular formula is C15H25N3O3. The molecule has 1 aliphatic rings. The number of nitrogens with zero attached hydrogens (tertiary/aromatic N) is 1. The Hall–Kier alpha value is -1.56. The molecule has 1 saturated carbocycles. The van der Waals surface area contributed by atoms with E-state index in [2.05, 4.69) is 15.6 Å². The largest absolute Gasteiger partial charge is 0.444 e. The second-order valence-corrected chi connectivity index (χ2v) is 6.71. The van der Waals surface area contributed by atoms with E-state index in [1.807, 2.05) is 34.6 Å². The Labute approximate surface area is 125 Å². The van der Waals surface area contributed by atoms with Crippen LogP contribution < -0.4 is 10.6 Å². The molecule has 0 aliphatic heterocycles. The predicted octanol–water partition coefficient (Wildman–Crippen LogP) is 2.69. The van der Waals surface area contributed by atoms with E-state index < -0.39 is 5.60 Å². The summed E-state index contributed by atoms with van der Waals surface area (Å²) in [6.45, 7) is 9.49. The SMILES string of the molecule is Cc1cnc(C(C)NC2CC(NC(=O)OC(C)(C)C)C2)o1. The first-order valence-corrected chi connectivity index (χ1v) is 7.41. The number of rotatable bonds is 4. The van der Waals surface area contributed by atoms with Crippen molar-refractivity contribution < 1.29 is 13.9 Å². The van der Waals surface area contributed by atoms with Gasteiger partial charge in [0.25, 0.3) is 0 Å². The molecule has 2 N–H and O–H groups in total. The van der Waals surface area contributed by atoms with E-state index >= 15 is 0 Å². The van der Waals surface area contributed by atoms with Crippen LogP contribution in [-0.4, -0.2) is 28.8 Å². The summed E-state index contributed by atoms with van der Waals surface area (Å²) < 4.78 is 10.7. The summed E-state index contributed by atoms with van der Waals surface area (Å²) in [4.78, 5) is 15.9. The maximum Gasteiger partial charge on any atom is 0.407 e. The van der Waals surface area contributed by atoms with Gasteiger partial charge in [-0.15, -0.1) is 0 Å². The zero-order chi connectivity index (χ0) is 15.6. The summed E-state index contributed by atoms with van der Waals surface area (Å²) in [6.07, 6.45) is 3.16. The van der Waals surface area contributed by atoms with Crippen molar-refractivity contribution in [1.82, 2.24) is 15.6 Å². The first-order chi connectivity index (χ1) is 9.73. The second kappa shape index (κ2) is 6.05. The van der Waals surface area contributed by atoms with E-state index in [1.165, 1.54) is 0 Å². The van der Waals surface area contributed by atoms with Crippen molar-refractivity contribution in [3.8, 4) is 0 Å². The number of nitrogens with one attached hydrogen (secondary N) is 2. The Balaban J connectivity index is 1.68. The number of hydrogen-bond donors (Lipinski definition) is 2. The van der Waals surface area contributed by atoms with Gasteiger partial charge in [0.15, 0.2) is 0 Å². The van der Waals surface area contributed by atoms with E-state index in [0.29, 0.717) is 11.9 Å². The van der Waals surface area contributed by atoms with Gasteiger partial charge in [-0.3, -0.25) is 0 Å². The van der Waals surface area contributed by atoms with Gasteiger partial charge in [-0.1, -0.05) is 0 Å². The minimum atomic E-state index is -0.456. The predicted molar refractivity (Wildman–Crippen MR) is 79.0 cm³/mol. The van der Waals surface area contributed by atoms with Crippen LogP contribution in [-0.2, 0) is 4.74 Å². The molecule has 0 aromatic carbocycles. The number of aromatic nitrogens is 1. The van der Waals surface area contributed by atoms with Crippen molar-refractivity contribution in [2.75, 3.05) is 0 Å². The van der Waals surface area contributed by atoms with Crippen LogP contribution in [0.5, 0.6) is 0 Å². The molecule has 1 aromatic rings. The average molecular weight is 295 g/mol. The summed E-state index contributed by atoms with van der Waals surface area (Å²) in [5.41, 5.74) is -0.456. The highest BCUT2D eigenvalue weighted by Gasteiger charge is 2.33. The second-order valence-electron chi connectivity index (χ2n) is 6.71. The molecule has 1 aliphatic carbocycles. The van der Waals surface area contributed by atoms with Crippen molar-refractivity contribution in [2.24, 2.45) is 0 Å². The topological polar surface area (TPSA) is 76.4 Å². The van der Waals surface area contributed by atoms with Crippen molar-refractivity contribution in [1.29, 1.82) is 0 Å². The highest BCUT2D eigenvalue weighted by molar-refractivity contribution is 5.68. The van der Waals surface area contributed by atoms with Gasteiger partial charge in [0.1, 0.15) is 11.4 Å². The lowest BCUT2D eigenvalue weighted by atomic mass is 9.86. The van der Waals surface area contributed by atoms with Crippen LogP contribution >= 0.6 is 0 Å². The number of ether oxygens (including phenoxy) is 1. The maximum absolute atomic E-state index is 11.6. The fourth-order valence-electron chi connectivity index (χ4n) is 2.34. The molecule has 1 unspecified atom stereocenters. The molecule has 0 radical (unpaired) electrons. The number of amides is 1. The Morgan fingerprint density at radius 1 is 1.43 bits per heavy atom. The summed E-state index contributed by atoms with van der Waals surface area (Å²) in [5, 5.41) is 6.33. The molecule has 21 heavy (non-hydrogen) atoms. The van der Waals surface area contributed by atoms with E-state index in [-0.39, 0.29) is 18.2 Å². The highest BCUT2D eigenvalue weighted by Crippen LogP contribution is 2.24. The van der Waals surface area contributed by atoms with Crippen molar-refractivity contribution >= 4 is 6.09 Å². The molecule has 1 heterocycles. The maximum atomic E-state index is 11.6. The van der Waals surface area contributed by atoms with Crippen LogP contribution in [0.15, 0.2) is 10.6 Å². The lowest BCUT2D eigenvalue weighted by Gasteiger charge is -2.37. The summed E-state index contributed by atoms with van der Waals surface area (Å²) >= 11 is 0. The number of carbonyl (C=O) groups is 1. The Morgan fingerprint density at radius 2 is 2.10 bits per heavy atom. The first-order valence-electron chi connectivity index (χ1n) is 7.41. The molecule has 1 amide bonds. The van der Waals surface area contributed by atoms with Gasteiger partial charge >= 0.3 is 6.09 Å². The standard InChI is InChI=1S/C15H25N3O3/c1-9-8-16-13(20-9)10(2)17-11-6-12(7-11)18-14(19)21-15(3,4)5/h8,10-12,17H,6-7H2,1-5H3,(H,18,19). The van der Waals surface area contributed by atoms with Crippen LogP contribution in [0.2, 0.25) is 0 Å². The molecule has 1 atom stereocenters. The van der Waals surface area contributed by atoms with Crippen LogP contribution in [0.1, 0.15) is 58.2 Å². The van der Waals surface area contributed by atoms with Crippen LogP contribution in [0.3, 0.4) is 0 Å². The fourth-order valence-corrected chi connectivity index (χ4v) is 2.34. The van der Waals surface area contributed by atoms with Crippen molar-refractivity contribution in [3.63, 3.8) is 0 Å². The normalized spacial score (nSPS) is 23.3. The molecule has 6 nitrogen and oxygen atoms in total. The average Bonchev–Trinajstić information content (AvgIpc) is 2.70. The monoisotopic (exact) mass is 295 g/mol. The third kappa shape index (κ3) is 4.74. The number of alkyl carbamates (subject to hydrolysis) is 1. The highest BCUT2D eigenvalue weighted by atomic mass is 16.6. The zero-order valence-corrected chi connectivity index (χ0v) is 13.4. The number of carbonyl (C=O) groups excluding carboxylic acids is 1. The lowest BCUT2D eigenvalue weighted by molar-refractivity contribution is 0.0462. The molecule has 0 bridgehead atoms. The van der Waals surface area contributed by atoms with E-state index in [4.69, 9.17) is 9.15 Å². The molecule has 2 rings (SSSR count). The van der Waals surface area contributed by atoms with Gasteiger partial charge in [-0.25, -0.2) is 9.78 Å². The molecule has 118 valence electrons. The van der Waals surface area contributed by atoms with E-state index in [9.17, 15) is 4.79 Å². The first kappa shape index (κ1) is 15.8. The van der Waals surface area contributed by atoms with Gasteiger partial charge in [0, 0.05) is 12.1 Å². The van der Waals surface area contributed by atoms with E-state index in [0.717, 1.165) is 18.6 Å². The van der Waals surface area contributed by atoms with Gasteiger partial charge < -0.3 is 19.8 Å². The minimum Gasteiger partial charge on any atom is -0.444 e. The minimum absolute atomic E-state index is 0.0752. The molecule has 0 saturated heterocycles. The molecule has 0 spiro atoms. The third-order valence-electron chi connectivity index (χ3n) is 3.35. The summed E-state index contributed by atoms with van der Waals surface area (Å²) in [5.74, 6) is 1.52. The Morgan fingerprint density at radius 3 is 2.62 bits per heavy atom. The van der Waals surface area contributed by atoms with Gasteiger partial charge in [-0.2, -0.15) is 0 Å². The fraction of sp³-hybridized carbons (Fsp3) is 0.733. The number of aryl methyl sites for hydroxylation is 1. The molecule has 1 fully saturated rings. The number of oxazole rings is 1. The quantitative estimate of drug-likeness (QED) is 0.893. The van der Waals surface area contributed by atoms with Gasteiger partial charge in [0.2, 0.25) is 5.89 Å². The Kier molecular flexibility index (Phi) is 4.56. The van der Waals surface area contributed by atoms with Gasteiger partial charge in [-0.05, 0) is 47.5 Å². The van der Waals surface area contributed by atoms with Crippen LogP contribution in [0, 0.1) is 6.92 Å². The van der Waals surface area contributed by atoms with Crippen molar-refractivity contribution in [3.05, 3.63) is 17.8 Å². The van der Waals surface area contributed by atoms with E-state index in [1.54, 1.807) is 6.20 Å². The lowest BCUT2D eigenvalue weighted by Crippen LogP contribution is -2.53. The molecule has 6 heteroatoms. The summed E-state index contributed by atoms with van der Waals surface area (Å²) in [7, 11) is 0. The smallest absolute Gasteiger partial charge is 0.407 e. The zero-order valence-electron chi connectivity index (χ0n) is 13.4. The number of hydrogen-bond acceptors (Lipinski definition) is 5.